The average Bonchev–Trinajstić information content (AvgIpc) is 2.66. The number of pyridine rings is 1. The van der Waals surface area contributed by atoms with Crippen LogP contribution in [0.5, 0.6) is 5.75 Å². The second-order valence-corrected chi connectivity index (χ2v) is 5.08. The zero-order valence-electron chi connectivity index (χ0n) is 11.7. The van der Waals surface area contributed by atoms with Crippen molar-refractivity contribution in [3.05, 3.63) is 28.7 Å². The topological polar surface area (TPSA) is 77.6 Å². The van der Waals surface area contributed by atoms with Crippen molar-refractivity contribution in [2.75, 3.05) is 20.2 Å². The van der Waals surface area contributed by atoms with Gasteiger partial charge in [0.25, 0.3) is 5.56 Å². The van der Waals surface area contributed by atoms with Gasteiger partial charge in [-0.05, 0) is 31.4 Å². The number of likely N-dealkylation sites (tertiary alicyclic amines) is 1. The third-order valence-electron chi connectivity index (χ3n) is 3.64. The molecule has 2 heterocycles. The molecule has 0 aromatic carbocycles. The van der Waals surface area contributed by atoms with Gasteiger partial charge < -0.3 is 19.9 Å². The fourth-order valence-electron chi connectivity index (χ4n) is 2.41. The molecule has 0 radical (unpaired) electrons. The maximum Gasteiger partial charge on any atom is 0.293 e. The summed E-state index contributed by atoms with van der Waals surface area (Å²) in [7, 11) is 1.44. The summed E-state index contributed by atoms with van der Waals surface area (Å²) in [5.41, 5.74) is 5.62. The smallest absolute Gasteiger partial charge is 0.293 e. The van der Waals surface area contributed by atoms with Crippen LogP contribution in [0.1, 0.15) is 19.3 Å². The Morgan fingerprint density at radius 2 is 2.25 bits per heavy atom. The highest BCUT2D eigenvalue weighted by Gasteiger charge is 2.19. The second kappa shape index (κ2) is 6.56. The van der Waals surface area contributed by atoms with E-state index in [9.17, 15) is 9.59 Å². The van der Waals surface area contributed by atoms with Gasteiger partial charge in [0.2, 0.25) is 5.91 Å². The molecule has 6 heteroatoms. The van der Waals surface area contributed by atoms with Gasteiger partial charge in [-0.1, -0.05) is 0 Å². The second-order valence-electron chi connectivity index (χ2n) is 5.08. The third kappa shape index (κ3) is 3.39. The molecule has 1 aliphatic rings. The lowest BCUT2D eigenvalue weighted by atomic mass is 10.1. The highest BCUT2D eigenvalue weighted by molar-refractivity contribution is 5.76. The third-order valence-corrected chi connectivity index (χ3v) is 3.64. The first kappa shape index (κ1) is 14.6. The molecule has 0 bridgehead atoms. The van der Waals surface area contributed by atoms with E-state index in [0.717, 1.165) is 19.3 Å². The van der Waals surface area contributed by atoms with E-state index in [2.05, 4.69) is 0 Å². The molecule has 20 heavy (non-hydrogen) atoms. The quantitative estimate of drug-likeness (QED) is 0.857. The molecule has 1 amide bonds. The predicted octanol–water partition coefficient (Wildman–Crippen LogP) is 0.197. The summed E-state index contributed by atoms with van der Waals surface area (Å²) in [5, 5.41) is 0. The van der Waals surface area contributed by atoms with Crippen molar-refractivity contribution >= 4 is 5.91 Å². The van der Waals surface area contributed by atoms with Crippen molar-refractivity contribution in [2.45, 2.75) is 31.8 Å². The molecule has 1 fully saturated rings. The van der Waals surface area contributed by atoms with Crippen molar-refractivity contribution in [2.24, 2.45) is 5.73 Å². The number of carbonyl (C=O) groups excluding carboxylic acids is 1. The predicted molar refractivity (Wildman–Crippen MR) is 75.7 cm³/mol. The molecular formula is C14H21N3O3. The Balaban J connectivity index is 2.06. The summed E-state index contributed by atoms with van der Waals surface area (Å²) in [4.78, 5) is 26.0. The summed E-state index contributed by atoms with van der Waals surface area (Å²) >= 11 is 0. The molecule has 110 valence electrons. The van der Waals surface area contributed by atoms with Crippen molar-refractivity contribution in [1.29, 1.82) is 0 Å². The van der Waals surface area contributed by atoms with Gasteiger partial charge in [0.15, 0.2) is 5.75 Å². The molecule has 0 spiro atoms. The van der Waals surface area contributed by atoms with Crippen LogP contribution < -0.4 is 16.0 Å². The molecule has 1 saturated heterocycles. The van der Waals surface area contributed by atoms with E-state index in [4.69, 9.17) is 10.5 Å². The molecule has 0 aliphatic carbocycles. The van der Waals surface area contributed by atoms with Gasteiger partial charge in [0.1, 0.15) is 6.54 Å². The number of nitrogens with two attached hydrogens (primary N) is 1. The Morgan fingerprint density at radius 3 is 3.00 bits per heavy atom. The maximum atomic E-state index is 12.3. The van der Waals surface area contributed by atoms with Gasteiger partial charge in [0.05, 0.1) is 7.11 Å². The Labute approximate surface area is 118 Å². The monoisotopic (exact) mass is 279 g/mol. The van der Waals surface area contributed by atoms with Gasteiger partial charge in [-0.25, -0.2) is 0 Å². The van der Waals surface area contributed by atoms with Gasteiger partial charge in [-0.2, -0.15) is 0 Å². The lowest BCUT2D eigenvalue weighted by molar-refractivity contribution is -0.131. The first-order chi connectivity index (χ1) is 9.61. The SMILES string of the molecule is COc1cccn(CC(=O)N2CCCC(N)CC2)c1=O. The number of carbonyl (C=O) groups is 1. The molecule has 6 nitrogen and oxygen atoms in total. The first-order valence-electron chi connectivity index (χ1n) is 6.88. The van der Waals surface area contributed by atoms with Gasteiger partial charge in [-0.15, -0.1) is 0 Å². The van der Waals surface area contributed by atoms with Crippen LogP contribution in [0.25, 0.3) is 0 Å². The van der Waals surface area contributed by atoms with E-state index in [1.165, 1.54) is 11.7 Å². The van der Waals surface area contributed by atoms with Crippen LogP contribution in [0.15, 0.2) is 23.1 Å². The Morgan fingerprint density at radius 1 is 1.45 bits per heavy atom. The highest BCUT2D eigenvalue weighted by Crippen LogP contribution is 2.10. The zero-order valence-corrected chi connectivity index (χ0v) is 11.7. The molecule has 2 rings (SSSR count). The largest absolute Gasteiger partial charge is 0.491 e. The normalized spacial score (nSPS) is 19.5. The van der Waals surface area contributed by atoms with Crippen molar-refractivity contribution in [1.82, 2.24) is 9.47 Å². The van der Waals surface area contributed by atoms with Crippen molar-refractivity contribution < 1.29 is 9.53 Å². The summed E-state index contributed by atoms with van der Waals surface area (Å²) in [6, 6.07) is 3.47. The average molecular weight is 279 g/mol. The van der Waals surface area contributed by atoms with Crippen LogP contribution in [0.2, 0.25) is 0 Å². The number of aromatic nitrogens is 1. The lowest BCUT2D eigenvalue weighted by Gasteiger charge is -2.21. The highest BCUT2D eigenvalue weighted by atomic mass is 16.5. The summed E-state index contributed by atoms with van der Waals surface area (Å²) < 4.78 is 6.35. The summed E-state index contributed by atoms with van der Waals surface area (Å²) in [6.45, 7) is 1.43. The molecule has 1 aliphatic heterocycles. The Hall–Kier alpha value is -1.82. The van der Waals surface area contributed by atoms with E-state index in [1.54, 1.807) is 23.2 Å². The number of methoxy groups -OCH3 is 1. The van der Waals surface area contributed by atoms with Crippen LogP contribution in [0, 0.1) is 0 Å². The Bertz CT molecular complexity index is 527. The molecule has 2 N–H and O–H groups in total. The van der Waals surface area contributed by atoms with E-state index in [0.29, 0.717) is 13.1 Å². The lowest BCUT2D eigenvalue weighted by Crippen LogP contribution is -2.37. The number of amides is 1. The molecule has 1 atom stereocenters. The van der Waals surface area contributed by atoms with Crippen LogP contribution in [0.3, 0.4) is 0 Å². The number of hydrogen-bond donors (Lipinski definition) is 1. The molecular weight excluding hydrogens is 258 g/mol. The standard InChI is InChI=1S/C14H21N3O3/c1-20-12-5-3-8-17(14(12)19)10-13(18)16-7-2-4-11(15)6-9-16/h3,5,8,11H,2,4,6-7,9-10,15H2,1H3. The van der Waals surface area contributed by atoms with E-state index < -0.39 is 0 Å². The van der Waals surface area contributed by atoms with Gasteiger partial charge in [-0.3, -0.25) is 9.59 Å². The summed E-state index contributed by atoms with van der Waals surface area (Å²) in [6.07, 6.45) is 4.29. The molecule has 1 aromatic rings. The van der Waals surface area contributed by atoms with E-state index in [-0.39, 0.29) is 29.8 Å². The molecule has 1 aromatic heterocycles. The minimum absolute atomic E-state index is 0.0468. The number of ether oxygens (including phenoxy) is 1. The first-order valence-corrected chi connectivity index (χ1v) is 6.88. The van der Waals surface area contributed by atoms with Crippen LogP contribution >= 0.6 is 0 Å². The Kier molecular flexibility index (Phi) is 4.79. The van der Waals surface area contributed by atoms with Gasteiger partial charge in [0, 0.05) is 25.3 Å². The summed E-state index contributed by atoms with van der Waals surface area (Å²) in [5.74, 6) is 0.202. The molecule has 0 saturated carbocycles. The maximum absolute atomic E-state index is 12.3. The minimum Gasteiger partial charge on any atom is -0.491 e. The van der Waals surface area contributed by atoms with Crippen molar-refractivity contribution in [3.8, 4) is 5.75 Å². The van der Waals surface area contributed by atoms with Crippen LogP contribution in [0.4, 0.5) is 0 Å². The number of hydrogen-bond acceptors (Lipinski definition) is 4. The number of rotatable bonds is 3. The van der Waals surface area contributed by atoms with Crippen LogP contribution in [-0.4, -0.2) is 41.6 Å². The van der Waals surface area contributed by atoms with Gasteiger partial charge >= 0.3 is 0 Å². The fraction of sp³-hybridized carbons (Fsp3) is 0.571. The minimum atomic E-state index is -0.283. The van der Waals surface area contributed by atoms with E-state index >= 15 is 0 Å². The molecule has 1 unspecified atom stereocenters. The van der Waals surface area contributed by atoms with Crippen molar-refractivity contribution in [3.63, 3.8) is 0 Å². The zero-order chi connectivity index (χ0) is 14.5. The van der Waals surface area contributed by atoms with E-state index in [1.807, 2.05) is 0 Å². The number of nitrogens with zero attached hydrogens (tertiary/aromatic N) is 2. The van der Waals surface area contributed by atoms with Crippen LogP contribution in [-0.2, 0) is 11.3 Å². The fourth-order valence-corrected chi connectivity index (χ4v) is 2.41.